The lowest BCUT2D eigenvalue weighted by atomic mass is 10.1. The minimum absolute atomic E-state index is 1.08. The van der Waals surface area contributed by atoms with E-state index in [9.17, 15) is 0 Å². The number of rotatable bonds is 1. The average Bonchev–Trinajstić information content (AvgIpc) is 2.23. The van der Waals surface area contributed by atoms with Gasteiger partial charge in [-0.1, -0.05) is 30.3 Å². The molecule has 0 fully saturated rings. The first-order valence-electron chi connectivity index (χ1n) is 4.45. The Hall–Kier alpha value is -0.900. The van der Waals surface area contributed by atoms with E-state index in [1.54, 1.807) is 0 Å². The molecule has 2 heteroatoms. The molecule has 0 atom stereocenters. The second-order valence-corrected chi connectivity index (χ2v) is 4.40. The lowest BCUT2D eigenvalue weighted by molar-refractivity contribution is 1.19. The first-order chi connectivity index (χ1) is 6.77. The predicted octanol–water partition coefficient (Wildman–Crippen LogP) is 3.66. The highest BCUT2D eigenvalue weighted by Gasteiger charge is 2.02. The standard InChI is InChI=1S/C12H10IN/c1-9-12(7-11(13)8-14-9)10-5-3-2-4-6-10/h2-8H,1H3. The molecule has 0 spiro atoms. The van der Waals surface area contributed by atoms with E-state index in [-0.39, 0.29) is 0 Å². The Morgan fingerprint density at radius 3 is 2.57 bits per heavy atom. The van der Waals surface area contributed by atoms with Crippen molar-refractivity contribution in [1.29, 1.82) is 0 Å². The number of hydrogen-bond donors (Lipinski definition) is 0. The third kappa shape index (κ3) is 1.95. The Balaban J connectivity index is 2.57. The van der Waals surface area contributed by atoms with Gasteiger partial charge in [0.05, 0.1) is 0 Å². The molecule has 0 saturated carbocycles. The molecular weight excluding hydrogens is 285 g/mol. The molecule has 0 unspecified atom stereocenters. The van der Waals surface area contributed by atoms with Crippen molar-refractivity contribution in [3.8, 4) is 11.1 Å². The Kier molecular flexibility index (Phi) is 2.82. The van der Waals surface area contributed by atoms with Crippen molar-refractivity contribution < 1.29 is 0 Å². The van der Waals surface area contributed by atoms with Crippen LogP contribution in [0.25, 0.3) is 11.1 Å². The van der Waals surface area contributed by atoms with Crippen LogP contribution in [0, 0.1) is 10.5 Å². The van der Waals surface area contributed by atoms with Crippen molar-refractivity contribution in [1.82, 2.24) is 4.98 Å². The largest absolute Gasteiger partial charge is 0.260 e. The molecule has 14 heavy (non-hydrogen) atoms. The molecule has 0 N–H and O–H groups in total. The number of hydrogen-bond acceptors (Lipinski definition) is 1. The quantitative estimate of drug-likeness (QED) is 0.732. The summed E-state index contributed by atoms with van der Waals surface area (Å²) in [6.07, 6.45) is 1.89. The molecule has 1 heterocycles. The Morgan fingerprint density at radius 1 is 1.14 bits per heavy atom. The summed E-state index contributed by atoms with van der Waals surface area (Å²) in [7, 11) is 0. The van der Waals surface area contributed by atoms with Crippen LogP contribution >= 0.6 is 22.6 Å². The van der Waals surface area contributed by atoms with Gasteiger partial charge in [0, 0.05) is 21.0 Å². The minimum atomic E-state index is 1.08. The number of nitrogens with zero attached hydrogens (tertiary/aromatic N) is 1. The van der Waals surface area contributed by atoms with E-state index < -0.39 is 0 Å². The zero-order valence-corrected chi connectivity index (χ0v) is 10.0. The molecule has 0 radical (unpaired) electrons. The molecule has 1 aromatic carbocycles. The second-order valence-electron chi connectivity index (χ2n) is 3.15. The van der Waals surface area contributed by atoms with E-state index in [1.807, 2.05) is 19.2 Å². The minimum Gasteiger partial charge on any atom is -0.260 e. The van der Waals surface area contributed by atoms with Gasteiger partial charge in [0.2, 0.25) is 0 Å². The maximum Gasteiger partial charge on any atom is 0.0451 e. The summed E-state index contributed by atoms with van der Waals surface area (Å²) in [5.74, 6) is 0. The highest BCUT2D eigenvalue weighted by Crippen LogP contribution is 2.23. The van der Waals surface area contributed by atoms with Crippen LogP contribution in [0.4, 0.5) is 0 Å². The van der Waals surface area contributed by atoms with Crippen LogP contribution < -0.4 is 0 Å². The van der Waals surface area contributed by atoms with E-state index in [4.69, 9.17) is 0 Å². The van der Waals surface area contributed by atoms with E-state index >= 15 is 0 Å². The summed E-state index contributed by atoms with van der Waals surface area (Å²) in [5.41, 5.74) is 3.53. The zero-order chi connectivity index (χ0) is 9.97. The molecule has 0 amide bonds. The maximum absolute atomic E-state index is 4.35. The number of halogens is 1. The summed E-state index contributed by atoms with van der Waals surface area (Å²) in [4.78, 5) is 4.35. The van der Waals surface area contributed by atoms with Crippen molar-refractivity contribution in [2.75, 3.05) is 0 Å². The van der Waals surface area contributed by atoms with Gasteiger partial charge in [-0.2, -0.15) is 0 Å². The highest BCUT2D eigenvalue weighted by molar-refractivity contribution is 14.1. The number of benzene rings is 1. The lowest BCUT2D eigenvalue weighted by Gasteiger charge is -2.05. The number of aromatic nitrogens is 1. The van der Waals surface area contributed by atoms with Crippen LogP contribution in [0.15, 0.2) is 42.6 Å². The third-order valence-corrected chi connectivity index (χ3v) is 2.73. The molecule has 0 aliphatic rings. The molecule has 0 bridgehead atoms. The summed E-state index contributed by atoms with van der Waals surface area (Å²) in [6.45, 7) is 2.04. The summed E-state index contributed by atoms with van der Waals surface area (Å²) >= 11 is 2.29. The second kappa shape index (κ2) is 4.09. The zero-order valence-electron chi connectivity index (χ0n) is 7.87. The fourth-order valence-electron chi connectivity index (χ4n) is 1.42. The fourth-order valence-corrected chi connectivity index (χ4v) is 1.87. The van der Waals surface area contributed by atoms with Crippen molar-refractivity contribution in [3.05, 3.63) is 51.9 Å². The summed E-state index contributed by atoms with van der Waals surface area (Å²) in [5, 5.41) is 0. The molecule has 1 aromatic heterocycles. The maximum atomic E-state index is 4.35. The smallest absolute Gasteiger partial charge is 0.0451 e. The molecular formula is C12H10IN. The van der Waals surface area contributed by atoms with E-state index in [0.29, 0.717) is 0 Å². The lowest BCUT2D eigenvalue weighted by Crippen LogP contribution is -1.88. The van der Waals surface area contributed by atoms with Gasteiger partial charge in [0.25, 0.3) is 0 Å². The van der Waals surface area contributed by atoms with E-state index in [2.05, 4.69) is 57.9 Å². The van der Waals surface area contributed by atoms with Crippen molar-refractivity contribution >= 4 is 22.6 Å². The van der Waals surface area contributed by atoms with Crippen LogP contribution in [0.1, 0.15) is 5.69 Å². The van der Waals surface area contributed by atoms with Crippen LogP contribution in [-0.2, 0) is 0 Å². The molecule has 2 rings (SSSR count). The van der Waals surface area contributed by atoms with Crippen LogP contribution in [-0.4, -0.2) is 4.98 Å². The SMILES string of the molecule is Cc1ncc(I)cc1-c1ccccc1. The van der Waals surface area contributed by atoms with Gasteiger partial charge in [-0.25, -0.2) is 0 Å². The van der Waals surface area contributed by atoms with Gasteiger partial charge < -0.3 is 0 Å². The number of pyridine rings is 1. The predicted molar refractivity (Wildman–Crippen MR) is 67.1 cm³/mol. The fraction of sp³-hybridized carbons (Fsp3) is 0.0833. The first kappa shape index (κ1) is 9.65. The average molecular weight is 295 g/mol. The van der Waals surface area contributed by atoms with Crippen LogP contribution in [0.3, 0.4) is 0 Å². The van der Waals surface area contributed by atoms with E-state index in [0.717, 1.165) is 5.69 Å². The molecule has 0 aliphatic carbocycles. The first-order valence-corrected chi connectivity index (χ1v) is 5.53. The van der Waals surface area contributed by atoms with Gasteiger partial charge in [-0.3, -0.25) is 4.98 Å². The van der Waals surface area contributed by atoms with Gasteiger partial charge in [-0.15, -0.1) is 0 Å². The third-order valence-electron chi connectivity index (χ3n) is 2.14. The van der Waals surface area contributed by atoms with Gasteiger partial charge in [0.15, 0.2) is 0 Å². The summed E-state index contributed by atoms with van der Waals surface area (Å²) < 4.78 is 1.17. The molecule has 2 aromatic rings. The number of aryl methyl sites for hydroxylation is 1. The Labute approximate surface area is 97.3 Å². The van der Waals surface area contributed by atoms with Gasteiger partial charge >= 0.3 is 0 Å². The topological polar surface area (TPSA) is 12.9 Å². The summed E-state index contributed by atoms with van der Waals surface area (Å²) in [6, 6.07) is 12.5. The van der Waals surface area contributed by atoms with Gasteiger partial charge in [0.1, 0.15) is 0 Å². The van der Waals surface area contributed by atoms with E-state index in [1.165, 1.54) is 14.7 Å². The van der Waals surface area contributed by atoms with Crippen molar-refractivity contribution in [3.63, 3.8) is 0 Å². The monoisotopic (exact) mass is 295 g/mol. The van der Waals surface area contributed by atoms with Gasteiger partial charge in [-0.05, 0) is 41.1 Å². The molecule has 1 nitrogen and oxygen atoms in total. The van der Waals surface area contributed by atoms with Crippen LogP contribution in [0.5, 0.6) is 0 Å². The van der Waals surface area contributed by atoms with Crippen LogP contribution in [0.2, 0.25) is 0 Å². The Morgan fingerprint density at radius 2 is 1.86 bits per heavy atom. The molecule has 70 valence electrons. The molecule has 0 aliphatic heterocycles. The van der Waals surface area contributed by atoms with Crippen molar-refractivity contribution in [2.24, 2.45) is 0 Å². The molecule has 0 saturated heterocycles. The highest BCUT2D eigenvalue weighted by atomic mass is 127. The van der Waals surface area contributed by atoms with Crippen molar-refractivity contribution in [2.45, 2.75) is 6.92 Å². The Bertz CT molecular complexity index is 437. The normalized spacial score (nSPS) is 10.1.